The molecule has 5 heteroatoms. The topological polar surface area (TPSA) is 77.8 Å². The number of aliphatic carboxylic acids is 1. The number of carbonyl (C=O) groups is 2. The second-order valence-electron chi connectivity index (χ2n) is 4.07. The number of piperidine rings is 1. The number of rotatable bonds is 3. The summed E-state index contributed by atoms with van der Waals surface area (Å²) >= 11 is 0. The Balaban J connectivity index is 2.37. The molecule has 0 saturated carbocycles. The van der Waals surface area contributed by atoms with Gasteiger partial charge in [0.1, 0.15) is 0 Å². The zero-order valence-corrected chi connectivity index (χ0v) is 8.85. The molecule has 0 aromatic carbocycles. The molecule has 0 aromatic rings. The number of aliphatic hydroxyl groups is 1. The van der Waals surface area contributed by atoms with Crippen LogP contribution in [0.3, 0.4) is 0 Å². The average molecular weight is 215 g/mol. The highest BCUT2D eigenvalue weighted by Crippen LogP contribution is 2.17. The van der Waals surface area contributed by atoms with Crippen LogP contribution in [-0.2, 0) is 9.59 Å². The Morgan fingerprint density at radius 2 is 2.07 bits per heavy atom. The first-order chi connectivity index (χ1) is 7.00. The van der Waals surface area contributed by atoms with Crippen molar-refractivity contribution in [2.24, 2.45) is 5.92 Å². The van der Waals surface area contributed by atoms with Gasteiger partial charge in [0, 0.05) is 19.5 Å². The molecule has 0 radical (unpaired) electrons. The lowest BCUT2D eigenvalue weighted by Crippen LogP contribution is -2.45. The summed E-state index contributed by atoms with van der Waals surface area (Å²) in [5.41, 5.74) is 0. The molecular formula is C10H17NO4. The summed E-state index contributed by atoms with van der Waals surface area (Å²) in [6, 6.07) is 0. The van der Waals surface area contributed by atoms with Crippen molar-refractivity contribution in [3.63, 3.8) is 0 Å². The number of carbonyl (C=O) groups excluding carboxylic acids is 1. The summed E-state index contributed by atoms with van der Waals surface area (Å²) in [6.45, 7) is 2.90. The maximum atomic E-state index is 11.5. The first-order valence-corrected chi connectivity index (χ1v) is 5.18. The first kappa shape index (κ1) is 12.0. The summed E-state index contributed by atoms with van der Waals surface area (Å²) < 4.78 is 0. The minimum Gasteiger partial charge on any atom is -0.481 e. The molecule has 1 fully saturated rings. The summed E-state index contributed by atoms with van der Waals surface area (Å²) in [5.74, 6) is -0.925. The fraction of sp³-hybridized carbons (Fsp3) is 0.800. The van der Waals surface area contributed by atoms with Crippen molar-refractivity contribution < 1.29 is 19.8 Å². The number of likely N-dealkylation sites (tertiary alicyclic amines) is 1. The van der Waals surface area contributed by atoms with Crippen LogP contribution in [0.5, 0.6) is 0 Å². The van der Waals surface area contributed by atoms with Gasteiger partial charge in [-0.05, 0) is 12.3 Å². The molecular weight excluding hydrogens is 198 g/mol. The van der Waals surface area contributed by atoms with Crippen molar-refractivity contribution in [2.45, 2.75) is 32.3 Å². The largest absolute Gasteiger partial charge is 0.481 e. The monoisotopic (exact) mass is 215 g/mol. The predicted molar refractivity (Wildman–Crippen MR) is 53.2 cm³/mol. The molecule has 1 aliphatic heterocycles. The number of nitrogens with zero attached hydrogens (tertiary/aromatic N) is 1. The number of carboxylic acids is 1. The summed E-state index contributed by atoms with van der Waals surface area (Å²) in [4.78, 5) is 23.3. The van der Waals surface area contributed by atoms with Gasteiger partial charge in [0.05, 0.1) is 12.5 Å². The normalized spacial score (nSPS) is 26.4. The molecule has 0 aliphatic carbocycles. The second kappa shape index (κ2) is 5.11. The van der Waals surface area contributed by atoms with Gasteiger partial charge in [-0.2, -0.15) is 0 Å². The smallest absolute Gasteiger partial charge is 0.303 e. The molecule has 2 atom stereocenters. The molecule has 15 heavy (non-hydrogen) atoms. The Morgan fingerprint density at radius 3 is 2.60 bits per heavy atom. The number of amides is 1. The van der Waals surface area contributed by atoms with Crippen molar-refractivity contribution in [1.82, 2.24) is 4.90 Å². The Labute approximate surface area is 88.7 Å². The molecule has 0 spiro atoms. The van der Waals surface area contributed by atoms with E-state index in [1.807, 2.05) is 6.92 Å². The number of β-amino-alcohol motifs (C(OH)–C–C–N with tert-alkyl or cyclic N) is 1. The van der Waals surface area contributed by atoms with Crippen molar-refractivity contribution in [1.29, 1.82) is 0 Å². The highest BCUT2D eigenvalue weighted by molar-refractivity contribution is 5.80. The van der Waals surface area contributed by atoms with Crippen LogP contribution in [0.1, 0.15) is 26.2 Å². The van der Waals surface area contributed by atoms with Crippen LogP contribution in [-0.4, -0.2) is 46.2 Å². The van der Waals surface area contributed by atoms with Gasteiger partial charge < -0.3 is 15.1 Å². The SMILES string of the molecule is CC1CCN(C(=O)CCC(=O)O)CC1O. The number of hydrogen-bond donors (Lipinski definition) is 2. The van der Waals surface area contributed by atoms with E-state index in [1.165, 1.54) is 0 Å². The fourth-order valence-corrected chi connectivity index (χ4v) is 1.65. The highest BCUT2D eigenvalue weighted by atomic mass is 16.4. The van der Waals surface area contributed by atoms with E-state index in [2.05, 4.69) is 0 Å². The molecule has 0 aromatic heterocycles. The third-order valence-electron chi connectivity index (χ3n) is 2.82. The van der Waals surface area contributed by atoms with Gasteiger partial charge in [0.25, 0.3) is 0 Å². The van der Waals surface area contributed by atoms with Gasteiger partial charge in [-0.3, -0.25) is 9.59 Å². The molecule has 1 aliphatic rings. The third kappa shape index (κ3) is 3.51. The van der Waals surface area contributed by atoms with E-state index in [1.54, 1.807) is 4.90 Å². The lowest BCUT2D eigenvalue weighted by atomic mass is 9.96. The minimum absolute atomic E-state index is 0.0242. The van der Waals surface area contributed by atoms with Crippen molar-refractivity contribution in [3.8, 4) is 0 Å². The number of carboxylic acid groups (broad SMARTS) is 1. The van der Waals surface area contributed by atoms with E-state index < -0.39 is 12.1 Å². The van der Waals surface area contributed by atoms with Crippen molar-refractivity contribution in [3.05, 3.63) is 0 Å². The van der Waals surface area contributed by atoms with Crippen LogP contribution >= 0.6 is 0 Å². The minimum atomic E-state index is -0.964. The maximum absolute atomic E-state index is 11.5. The highest BCUT2D eigenvalue weighted by Gasteiger charge is 2.27. The summed E-state index contributed by atoms with van der Waals surface area (Å²) in [6.07, 6.45) is 0.185. The Kier molecular flexibility index (Phi) is 4.08. The molecule has 0 bridgehead atoms. The Hall–Kier alpha value is -1.10. The zero-order valence-electron chi connectivity index (χ0n) is 8.85. The van der Waals surface area contributed by atoms with Crippen LogP contribution in [0.4, 0.5) is 0 Å². The molecule has 2 N–H and O–H groups in total. The van der Waals surface area contributed by atoms with E-state index >= 15 is 0 Å². The van der Waals surface area contributed by atoms with E-state index in [0.29, 0.717) is 13.1 Å². The molecule has 1 amide bonds. The van der Waals surface area contributed by atoms with E-state index in [0.717, 1.165) is 6.42 Å². The van der Waals surface area contributed by atoms with Gasteiger partial charge in [-0.15, -0.1) is 0 Å². The molecule has 2 unspecified atom stereocenters. The summed E-state index contributed by atoms with van der Waals surface area (Å²) in [5, 5.41) is 18.0. The fourth-order valence-electron chi connectivity index (χ4n) is 1.65. The Morgan fingerprint density at radius 1 is 1.40 bits per heavy atom. The van der Waals surface area contributed by atoms with Crippen LogP contribution in [0.15, 0.2) is 0 Å². The van der Waals surface area contributed by atoms with Crippen molar-refractivity contribution >= 4 is 11.9 Å². The summed E-state index contributed by atoms with van der Waals surface area (Å²) in [7, 11) is 0. The first-order valence-electron chi connectivity index (χ1n) is 5.18. The van der Waals surface area contributed by atoms with Gasteiger partial charge in [-0.25, -0.2) is 0 Å². The average Bonchev–Trinajstić information content (AvgIpc) is 2.18. The van der Waals surface area contributed by atoms with Crippen LogP contribution in [0.25, 0.3) is 0 Å². The number of hydrogen-bond acceptors (Lipinski definition) is 3. The third-order valence-corrected chi connectivity index (χ3v) is 2.82. The van der Waals surface area contributed by atoms with E-state index in [4.69, 9.17) is 5.11 Å². The van der Waals surface area contributed by atoms with E-state index in [-0.39, 0.29) is 24.7 Å². The molecule has 86 valence electrons. The molecule has 5 nitrogen and oxygen atoms in total. The predicted octanol–water partition coefficient (Wildman–Crippen LogP) is 0.0805. The van der Waals surface area contributed by atoms with E-state index in [9.17, 15) is 14.7 Å². The van der Waals surface area contributed by atoms with Crippen molar-refractivity contribution in [2.75, 3.05) is 13.1 Å². The van der Waals surface area contributed by atoms with Gasteiger partial charge in [-0.1, -0.05) is 6.92 Å². The lowest BCUT2D eigenvalue weighted by Gasteiger charge is -2.34. The quantitative estimate of drug-likeness (QED) is 0.699. The molecule has 1 heterocycles. The second-order valence-corrected chi connectivity index (χ2v) is 4.07. The number of aliphatic hydroxyl groups excluding tert-OH is 1. The van der Waals surface area contributed by atoms with Crippen LogP contribution < -0.4 is 0 Å². The van der Waals surface area contributed by atoms with Gasteiger partial charge in [0.2, 0.25) is 5.91 Å². The maximum Gasteiger partial charge on any atom is 0.303 e. The lowest BCUT2D eigenvalue weighted by molar-refractivity contribution is -0.142. The van der Waals surface area contributed by atoms with Gasteiger partial charge >= 0.3 is 5.97 Å². The molecule has 1 saturated heterocycles. The molecule has 1 rings (SSSR count). The Bertz CT molecular complexity index is 254. The van der Waals surface area contributed by atoms with Crippen LogP contribution in [0, 0.1) is 5.92 Å². The van der Waals surface area contributed by atoms with Gasteiger partial charge in [0.15, 0.2) is 0 Å². The van der Waals surface area contributed by atoms with Crippen LogP contribution in [0.2, 0.25) is 0 Å². The standard InChI is InChI=1S/C10H17NO4/c1-7-4-5-11(6-8(7)12)9(13)2-3-10(14)15/h7-8,12H,2-6H2,1H3,(H,14,15). The zero-order chi connectivity index (χ0) is 11.4.